The lowest BCUT2D eigenvalue weighted by molar-refractivity contribution is -0.119. The predicted octanol–water partition coefficient (Wildman–Crippen LogP) is 4.82. The van der Waals surface area contributed by atoms with Gasteiger partial charge in [-0.25, -0.2) is 4.98 Å². The summed E-state index contributed by atoms with van der Waals surface area (Å²) in [6.07, 6.45) is 0. The summed E-state index contributed by atoms with van der Waals surface area (Å²) in [6.45, 7) is 6.20. The van der Waals surface area contributed by atoms with E-state index in [1.807, 2.05) is 43.3 Å². The molecule has 4 heteroatoms. The highest BCUT2D eigenvalue weighted by atomic mass is 32.2. The fourth-order valence-electron chi connectivity index (χ4n) is 2.67. The third kappa shape index (κ3) is 4.40. The summed E-state index contributed by atoms with van der Waals surface area (Å²) in [7, 11) is 0. The molecule has 0 aliphatic carbocycles. The van der Waals surface area contributed by atoms with Crippen molar-refractivity contribution in [3.05, 3.63) is 71.3 Å². The summed E-state index contributed by atoms with van der Waals surface area (Å²) in [5.41, 5.74) is 4.59. The molecule has 1 aromatic heterocycles. The normalized spacial score (nSPS) is 12.1. The van der Waals surface area contributed by atoms with Crippen LogP contribution in [-0.4, -0.2) is 16.6 Å². The standard InChI is InChI=1S/C21H22N2OS/c1-14-8-9-18(12-15(14)2)16(3)22-20(24)13-25-21-11-10-17-6-4-5-7-19(17)23-21/h4-12,16H,13H2,1-3H3,(H,22,24)/t16-/m1/s1. The summed E-state index contributed by atoms with van der Waals surface area (Å²) in [5, 5.41) is 5.04. The van der Waals surface area contributed by atoms with Crippen molar-refractivity contribution < 1.29 is 4.79 Å². The Labute approximate surface area is 152 Å². The van der Waals surface area contributed by atoms with Crippen LogP contribution in [0.5, 0.6) is 0 Å². The monoisotopic (exact) mass is 350 g/mol. The van der Waals surface area contributed by atoms with Crippen LogP contribution in [0.1, 0.15) is 29.7 Å². The smallest absolute Gasteiger partial charge is 0.230 e. The molecule has 1 atom stereocenters. The Bertz CT molecular complexity index is 907. The van der Waals surface area contributed by atoms with Crippen molar-refractivity contribution in [1.82, 2.24) is 10.3 Å². The molecule has 0 saturated carbocycles. The number of fused-ring (bicyclic) bond motifs is 1. The van der Waals surface area contributed by atoms with Gasteiger partial charge in [-0.3, -0.25) is 4.79 Å². The predicted molar refractivity (Wildman–Crippen MR) is 105 cm³/mol. The van der Waals surface area contributed by atoms with Gasteiger partial charge in [-0.2, -0.15) is 0 Å². The van der Waals surface area contributed by atoms with Crippen molar-refractivity contribution in [3.63, 3.8) is 0 Å². The van der Waals surface area contributed by atoms with Crippen LogP contribution in [0.3, 0.4) is 0 Å². The van der Waals surface area contributed by atoms with Crippen LogP contribution in [0.15, 0.2) is 59.6 Å². The molecule has 1 N–H and O–H groups in total. The van der Waals surface area contributed by atoms with Gasteiger partial charge in [-0.15, -0.1) is 0 Å². The number of nitrogens with zero attached hydrogens (tertiary/aromatic N) is 1. The molecule has 128 valence electrons. The first kappa shape index (κ1) is 17.5. The molecular weight excluding hydrogens is 328 g/mol. The average molecular weight is 350 g/mol. The number of para-hydroxylation sites is 1. The van der Waals surface area contributed by atoms with Crippen LogP contribution in [0, 0.1) is 13.8 Å². The van der Waals surface area contributed by atoms with Gasteiger partial charge in [0.15, 0.2) is 0 Å². The minimum Gasteiger partial charge on any atom is -0.349 e. The van der Waals surface area contributed by atoms with Crippen molar-refractivity contribution in [2.75, 3.05) is 5.75 Å². The first-order valence-corrected chi connectivity index (χ1v) is 9.36. The number of carbonyl (C=O) groups is 1. The fourth-order valence-corrected chi connectivity index (χ4v) is 3.36. The van der Waals surface area contributed by atoms with Gasteiger partial charge < -0.3 is 5.32 Å². The number of aromatic nitrogens is 1. The number of amides is 1. The van der Waals surface area contributed by atoms with Crippen LogP contribution in [-0.2, 0) is 4.79 Å². The van der Waals surface area contributed by atoms with E-state index in [0.717, 1.165) is 21.5 Å². The van der Waals surface area contributed by atoms with Gasteiger partial charge in [0.05, 0.1) is 22.3 Å². The van der Waals surface area contributed by atoms with E-state index in [4.69, 9.17) is 0 Å². The molecule has 3 aromatic rings. The largest absolute Gasteiger partial charge is 0.349 e. The molecule has 3 nitrogen and oxygen atoms in total. The maximum atomic E-state index is 12.3. The van der Waals surface area contributed by atoms with E-state index in [2.05, 4.69) is 42.3 Å². The molecule has 0 aliphatic heterocycles. The number of aryl methyl sites for hydroxylation is 2. The fraction of sp³-hybridized carbons (Fsp3) is 0.238. The second kappa shape index (κ2) is 7.70. The van der Waals surface area contributed by atoms with Gasteiger partial charge in [-0.1, -0.05) is 54.2 Å². The van der Waals surface area contributed by atoms with E-state index in [1.165, 1.54) is 22.9 Å². The molecule has 3 rings (SSSR count). The number of thioether (sulfide) groups is 1. The number of carbonyl (C=O) groups excluding carboxylic acids is 1. The van der Waals surface area contributed by atoms with E-state index in [0.29, 0.717) is 5.75 Å². The molecule has 0 fully saturated rings. The highest BCUT2D eigenvalue weighted by molar-refractivity contribution is 7.99. The van der Waals surface area contributed by atoms with Gasteiger partial charge in [0.2, 0.25) is 5.91 Å². The van der Waals surface area contributed by atoms with Crippen LogP contribution < -0.4 is 5.32 Å². The maximum Gasteiger partial charge on any atom is 0.230 e. The summed E-state index contributed by atoms with van der Waals surface area (Å²) in [4.78, 5) is 16.8. The van der Waals surface area contributed by atoms with Crippen LogP contribution >= 0.6 is 11.8 Å². The average Bonchev–Trinajstić information content (AvgIpc) is 2.62. The lowest BCUT2D eigenvalue weighted by Gasteiger charge is -2.15. The summed E-state index contributed by atoms with van der Waals surface area (Å²) < 4.78 is 0. The number of nitrogens with one attached hydrogen (secondary N) is 1. The minimum atomic E-state index is -0.00281. The van der Waals surface area contributed by atoms with Crippen LogP contribution in [0.2, 0.25) is 0 Å². The second-order valence-corrected chi connectivity index (χ2v) is 7.26. The Kier molecular flexibility index (Phi) is 5.39. The molecule has 0 spiro atoms. The van der Waals surface area contributed by atoms with Gasteiger partial charge in [0.25, 0.3) is 0 Å². The van der Waals surface area contributed by atoms with E-state index < -0.39 is 0 Å². The van der Waals surface area contributed by atoms with E-state index in [9.17, 15) is 4.79 Å². The van der Waals surface area contributed by atoms with Crippen molar-refractivity contribution in [3.8, 4) is 0 Å². The molecule has 1 heterocycles. The molecule has 0 aliphatic rings. The van der Waals surface area contributed by atoms with Crippen LogP contribution in [0.25, 0.3) is 10.9 Å². The second-order valence-electron chi connectivity index (χ2n) is 6.26. The highest BCUT2D eigenvalue weighted by Gasteiger charge is 2.11. The quantitative estimate of drug-likeness (QED) is 0.671. The topological polar surface area (TPSA) is 42.0 Å². The minimum absolute atomic E-state index is 0.00281. The Morgan fingerprint density at radius 1 is 1.08 bits per heavy atom. The van der Waals surface area contributed by atoms with Crippen molar-refractivity contribution in [2.45, 2.75) is 31.8 Å². The lowest BCUT2D eigenvalue weighted by Crippen LogP contribution is -2.28. The summed E-state index contributed by atoms with van der Waals surface area (Å²) in [5.74, 6) is 0.381. The van der Waals surface area contributed by atoms with Crippen molar-refractivity contribution in [1.29, 1.82) is 0 Å². The molecule has 0 unspecified atom stereocenters. The molecule has 1 amide bonds. The summed E-state index contributed by atoms with van der Waals surface area (Å²) in [6, 6.07) is 18.3. The number of rotatable bonds is 5. The molecule has 2 aromatic carbocycles. The lowest BCUT2D eigenvalue weighted by atomic mass is 10.0. The highest BCUT2D eigenvalue weighted by Crippen LogP contribution is 2.21. The molecular formula is C21H22N2OS. The van der Waals surface area contributed by atoms with E-state index in [-0.39, 0.29) is 11.9 Å². The number of pyridine rings is 1. The molecule has 25 heavy (non-hydrogen) atoms. The van der Waals surface area contributed by atoms with Gasteiger partial charge in [-0.05, 0) is 49.6 Å². The Hall–Kier alpha value is -2.33. The van der Waals surface area contributed by atoms with E-state index >= 15 is 0 Å². The zero-order chi connectivity index (χ0) is 17.8. The SMILES string of the molecule is Cc1ccc([C@@H](C)NC(=O)CSc2ccc3ccccc3n2)cc1C. The summed E-state index contributed by atoms with van der Waals surface area (Å²) >= 11 is 1.46. The number of hydrogen-bond acceptors (Lipinski definition) is 3. The Balaban J connectivity index is 1.58. The molecule has 0 radical (unpaired) electrons. The van der Waals surface area contributed by atoms with Crippen molar-refractivity contribution >= 4 is 28.6 Å². The Morgan fingerprint density at radius 2 is 1.88 bits per heavy atom. The number of hydrogen-bond donors (Lipinski definition) is 1. The maximum absolute atomic E-state index is 12.3. The zero-order valence-corrected chi connectivity index (χ0v) is 15.6. The third-order valence-corrected chi connectivity index (χ3v) is 5.26. The Morgan fingerprint density at radius 3 is 2.68 bits per heavy atom. The van der Waals surface area contributed by atoms with Crippen LogP contribution in [0.4, 0.5) is 0 Å². The number of benzene rings is 2. The molecule has 0 saturated heterocycles. The van der Waals surface area contributed by atoms with Crippen molar-refractivity contribution in [2.24, 2.45) is 0 Å². The van der Waals surface area contributed by atoms with Gasteiger partial charge in [0.1, 0.15) is 0 Å². The van der Waals surface area contributed by atoms with Gasteiger partial charge >= 0.3 is 0 Å². The first-order chi connectivity index (χ1) is 12.0. The van der Waals surface area contributed by atoms with E-state index in [1.54, 1.807) is 0 Å². The third-order valence-electron chi connectivity index (χ3n) is 4.33. The zero-order valence-electron chi connectivity index (χ0n) is 14.7. The molecule has 0 bridgehead atoms. The van der Waals surface area contributed by atoms with Gasteiger partial charge in [0, 0.05) is 5.39 Å². The first-order valence-electron chi connectivity index (χ1n) is 8.38.